The molecule has 118 valence electrons. The highest BCUT2D eigenvalue weighted by molar-refractivity contribution is 5.59. The molecular formula is C19H26N2O. The minimum Gasteiger partial charge on any atom is -0.493 e. The maximum Gasteiger partial charge on any atom is 0.119 e. The number of hydrogen-bond acceptors (Lipinski definition) is 3. The van der Waals surface area contributed by atoms with E-state index in [0.29, 0.717) is 5.92 Å². The Labute approximate surface area is 133 Å². The first kappa shape index (κ1) is 16.5. The monoisotopic (exact) mass is 298 g/mol. The number of aryl methyl sites for hydroxylation is 1. The zero-order chi connectivity index (χ0) is 15.8. The number of aromatic nitrogens is 2. The summed E-state index contributed by atoms with van der Waals surface area (Å²) in [6.45, 7) is 7.33. The van der Waals surface area contributed by atoms with Crippen molar-refractivity contribution in [3.63, 3.8) is 0 Å². The molecule has 0 bridgehead atoms. The van der Waals surface area contributed by atoms with Crippen LogP contribution in [0.5, 0.6) is 5.75 Å². The summed E-state index contributed by atoms with van der Waals surface area (Å²) in [7, 11) is 0. The molecule has 0 spiro atoms. The topological polar surface area (TPSA) is 35.0 Å². The van der Waals surface area contributed by atoms with Gasteiger partial charge in [0.2, 0.25) is 0 Å². The smallest absolute Gasteiger partial charge is 0.119 e. The van der Waals surface area contributed by atoms with Crippen LogP contribution in [0, 0.1) is 5.92 Å². The third-order valence-electron chi connectivity index (χ3n) is 3.89. The van der Waals surface area contributed by atoms with Gasteiger partial charge in [0.25, 0.3) is 0 Å². The van der Waals surface area contributed by atoms with E-state index in [1.54, 1.807) is 0 Å². The molecule has 22 heavy (non-hydrogen) atoms. The second-order valence-electron chi connectivity index (χ2n) is 5.86. The van der Waals surface area contributed by atoms with Crippen molar-refractivity contribution in [2.45, 2.75) is 46.5 Å². The molecule has 2 rings (SSSR count). The van der Waals surface area contributed by atoms with Gasteiger partial charge in [-0.05, 0) is 55.2 Å². The first-order valence-electron chi connectivity index (χ1n) is 8.28. The van der Waals surface area contributed by atoms with E-state index in [1.165, 1.54) is 6.42 Å². The lowest BCUT2D eigenvalue weighted by atomic mass is 10.1. The molecule has 0 N–H and O–H groups in total. The molecule has 1 unspecified atom stereocenters. The van der Waals surface area contributed by atoms with Crippen LogP contribution in [0.25, 0.3) is 11.3 Å². The number of nitrogens with zero attached hydrogens (tertiary/aromatic N) is 2. The van der Waals surface area contributed by atoms with E-state index in [9.17, 15) is 0 Å². The van der Waals surface area contributed by atoms with Gasteiger partial charge in [0, 0.05) is 5.56 Å². The van der Waals surface area contributed by atoms with Crippen molar-refractivity contribution in [2.24, 2.45) is 5.92 Å². The van der Waals surface area contributed by atoms with E-state index >= 15 is 0 Å². The zero-order valence-electron chi connectivity index (χ0n) is 13.9. The van der Waals surface area contributed by atoms with Crippen LogP contribution in [0.15, 0.2) is 36.4 Å². The van der Waals surface area contributed by atoms with Gasteiger partial charge in [0.05, 0.1) is 18.0 Å². The normalized spacial score (nSPS) is 12.1. The van der Waals surface area contributed by atoms with Gasteiger partial charge < -0.3 is 4.74 Å². The van der Waals surface area contributed by atoms with Crippen LogP contribution < -0.4 is 4.74 Å². The molecule has 0 aliphatic heterocycles. The first-order chi connectivity index (χ1) is 10.7. The minimum atomic E-state index is 0.584. The van der Waals surface area contributed by atoms with Crippen LogP contribution in [-0.4, -0.2) is 16.8 Å². The highest BCUT2D eigenvalue weighted by atomic mass is 16.5. The van der Waals surface area contributed by atoms with E-state index < -0.39 is 0 Å². The number of rotatable bonds is 8. The molecule has 0 amide bonds. The van der Waals surface area contributed by atoms with Gasteiger partial charge in [0.15, 0.2) is 0 Å². The first-order valence-corrected chi connectivity index (χ1v) is 8.28. The Balaban J connectivity index is 1.97. The van der Waals surface area contributed by atoms with E-state index in [0.717, 1.165) is 48.6 Å². The van der Waals surface area contributed by atoms with Gasteiger partial charge in [0.1, 0.15) is 5.75 Å². The average Bonchev–Trinajstić information content (AvgIpc) is 2.58. The number of unbranched alkanes of at least 4 members (excludes halogenated alkanes) is 1. The number of hydrogen-bond donors (Lipinski definition) is 0. The molecule has 1 aromatic carbocycles. The van der Waals surface area contributed by atoms with Gasteiger partial charge in [-0.15, -0.1) is 0 Å². The fourth-order valence-corrected chi connectivity index (χ4v) is 2.08. The van der Waals surface area contributed by atoms with E-state index in [-0.39, 0.29) is 0 Å². The summed E-state index contributed by atoms with van der Waals surface area (Å²) in [4.78, 5) is 0. The van der Waals surface area contributed by atoms with Gasteiger partial charge in [-0.25, -0.2) is 0 Å². The van der Waals surface area contributed by atoms with Gasteiger partial charge >= 0.3 is 0 Å². The predicted octanol–water partition coefficient (Wildman–Crippen LogP) is 4.91. The Hall–Kier alpha value is -1.90. The van der Waals surface area contributed by atoms with Crippen molar-refractivity contribution in [2.75, 3.05) is 6.61 Å². The molecule has 1 atom stereocenters. The maximum absolute atomic E-state index is 5.78. The number of ether oxygens (including phenoxy) is 1. The molecule has 1 heterocycles. The van der Waals surface area contributed by atoms with Crippen LogP contribution in [0.4, 0.5) is 0 Å². The second-order valence-corrected chi connectivity index (χ2v) is 5.86. The maximum atomic E-state index is 5.78. The molecule has 0 fully saturated rings. The molecular weight excluding hydrogens is 272 g/mol. The summed E-state index contributed by atoms with van der Waals surface area (Å²) < 4.78 is 5.78. The Kier molecular flexibility index (Phi) is 6.38. The Bertz CT molecular complexity index is 549. The highest BCUT2D eigenvalue weighted by Crippen LogP contribution is 2.21. The Morgan fingerprint density at radius 1 is 1.00 bits per heavy atom. The fourth-order valence-electron chi connectivity index (χ4n) is 2.08. The van der Waals surface area contributed by atoms with Crippen LogP contribution in [0.1, 0.15) is 45.7 Å². The minimum absolute atomic E-state index is 0.584. The summed E-state index contributed by atoms with van der Waals surface area (Å²) in [5.74, 6) is 1.50. The predicted molar refractivity (Wildman–Crippen MR) is 91.0 cm³/mol. The fraction of sp³-hybridized carbons (Fsp3) is 0.474. The lowest BCUT2D eigenvalue weighted by Crippen LogP contribution is -2.07. The second kappa shape index (κ2) is 8.52. The molecule has 0 aliphatic rings. The summed E-state index contributed by atoms with van der Waals surface area (Å²) in [5, 5.41) is 8.63. The van der Waals surface area contributed by atoms with Gasteiger partial charge in [-0.3, -0.25) is 0 Å². The van der Waals surface area contributed by atoms with Crippen LogP contribution in [0.3, 0.4) is 0 Å². The van der Waals surface area contributed by atoms with Crippen molar-refractivity contribution in [3.05, 3.63) is 42.1 Å². The third kappa shape index (κ3) is 4.83. The van der Waals surface area contributed by atoms with Gasteiger partial charge in [-0.2, -0.15) is 10.2 Å². The van der Waals surface area contributed by atoms with Crippen molar-refractivity contribution in [1.82, 2.24) is 10.2 Å². The van der Waals surface area contributed by atoms with E-state index in [1.807, 2.05) is 30.3 Å². The quantitative estimate of drug-likeness (QED) is 0.694. The summed E-state index contributed by atoms with van der Waals surface area (Å²) in [6.07, 6.45) is 4.49. The zero-order valence-corrected chi connectivity index (χ0v) is 13.9. The van der Waals surface area contributed by atoms with Gasteiger partial charge in [-0.1, -0.05) is 33.6 Å². The number of benzene rings is 1. The molecule has 0 radical (unpaired) electrons. The van der Waals surface area contributed by atoms with Crippen molar-refractivity contribution in [3.8, 4) is 17.0 Å². The molecule has 0 aliphatic carbocycles. The summed E-state index contributed by atoms with van der Waals surface area (Å²) in [5.41, 5.74) is 3.05. The molecule has 3 nitrogen and oxygen atoms in total. The van der Waals surface area contributed by atoms with E-state index in [2.05, 4.69) is 37.0 Å². The van der Waals surface area contributed by atoms with Crippen molar-refractivity contribution < 1.29 is 4.74 Å². The van der Waals surface area contributed by atoms with Crippen LogP contribution >= 0.6 is 0 Å². The lowest BCUT2D eigenvalue weighted by molar-refractivity contribution is 0.256. The van der Waals surface area contributed by atoms with E-state index in [4.69, 9.17) is 4.74 Å². The van der Waals surface area contributed by atoms with Crippen LogP contribution in [0.2, 0.25) is 0 Å². The van der Waals surface area contributed by atoms with Crippen molar-refractivity contribution in [1.29, 1.82) is 0 Å². The SMILES string of the molecule is CCCCc1ccc(-c2ccc(OCC(C)CC)cc2)nn1. The molecule has 0 saturated heterocycles. The highest BCUT2D eigenvalue weighted by Gasteiger charge is 2.04. The van der Waals surface area contributed by atoms with Crippen molar-refractivity contribution >= 4 is 0 Å². The largest absolute Gasteiger partial charge is 0.493 e. The molecule has 1 aromatic heterocycles. The standard InChI is InChI=1S/C19H26N2O/c1-4-6-7-17-10-13-19(21-20-17)16-8-11-18(12-9-16)22-14-15(3)5-2/h8-13,15H,4-7,14H2,1-3H3. The molecule has 3 heteroatoms. The average molecular weight is 298 g/mol. The molecule has 0 saturated carbocycles. The Morgan fingerprint density at radius 2 is 1.77 bits per heavy atom. The lowest BCUT2D eigenvalue weighted by Gasteiger charge is -2.11. The summed E-state index contributed by atoms with van der Waals surface area (Å²) >= 11 is 0. The summed E-state index contributed by atoms with van der Waals surface area (Å²) in [6, 6.07) is 12.2. The Morgan fingerprint density at radius 3 is 2.36 bits per heavy atom. The van der Waals surface area contributed by atoms with Crippen LogP contribution in [-0.2, 0) is 6.42 Å². The third-order valence-corrected chi connectivity index (χ3v) is 3.89. The molecule has 2 aromatic rings.